The lowest BCUT2D eigenvalue weighted by Gasteiger charge is -2.29. The molecule has 122 valence electrons. The molecule has 1 aromatic carbocycles. The first-order chi connectivity index (χ1) is 10.8. The Morgan fingerprint density at radius 1 is 1.23 bits per heavy atom. The Bertz CT molecular complexity index is 492. The molecule has 1 amide bonds. The highest BCUT2D eigenvalue weighted by Gasteiger charge is 2.21. The largest absolute Gasteiger partial charge is 0.309 e. The second-order valence-corrected chi connectivity index (χ2v) is 4.21. The van der Waals surface area contributed by atoms with E-state index in [1.807, 2.05) is 75.9 Å². The molecule has 22 heavy (non-hydrogen) atoms. The van der Waals surface area contributed by atoms with E-state index in [1.54, 1.807) is 0 Å². The Morgan fingerprint density at radius 3 is 2.45 bits per heavy atom. The van der Waals surface area contributed by atoms with Gasteiger partial charge in [0.15, 0.2) is 0 Å². The van der Waals surface area contributed by atoms with Crippen LogP contribution in [0.2, 0.25) is 0 Å². The lowest BCUT2D eigenvalue weighted by Crippen LogP contribution is -2.48. The molecule has 0 spiro atoms. The van der Waals surface area contributed by atoms with Gasteiger partial charge in [0.2, 0.25) is 5.91 Å². The summed E-state index contributed by atoms with van der Waals surface area (Å²) < 4.78 is 0. The summed E-state index contributed by atoms with van der Waals surface area (Å²) in [6.45, 7) is 15.8. The molecule has 0 saturated carbocycles. The quantitative estimate of drug-likeness (QED) is 0.900. The van der Waals surface area contributed by atoms with Gasteiger partial charge < -0.3 is 10.2 Å². The van der Waals surface area contributed by atoms with E-state index in [1.165, 1.54) is 0 Å². The Labute approximate surface area is 135 Å². The summed E-state index contributed by atoms with van der Waals surface area (Å²) in [6, 6.07) is 5.99. The van der Waals surface area contributed by atoms with E-state index in [-0.39, 0.29) is 5.91 Å². The van der Waals surface area contributed by atoms with Crippen molar-refractivity contribution < 1.29 is 4.79 Å². The van der Waals surface area contributed by atoms with Gasteiger partial charge in [-0.05, 0) is 18.6 Å². The number of amides is 1. The zero-order chi connectivity index (χ0) is 17.0. The first-order valence-electron chi connectivity index (χ1n) is 8.17. The average molecular weight is 302 g/mol. The molecule has 0 aromatic heterocycles. The maximum Gasteiger partial charge on any atom is 0.241 e. The molecular weight excluding hydrogens is 272 g/mol. The molecule has 0 radical (unpaired) electrons. The molecule has 0 atom stereocenters. The molecule has 0 unspecified atom stereocenters. The van der Waals surface area contributed by atoms with Crippen molar-refractivity contribution in [3.8, 4) is 0 Å². The van der Waals surface area contributed by atoms with Crippen LogP contribution in [0.1, 0.15) is 45.7 Å². The number of allylic oxidation sites excluding steroid dienone is 1. The highest BCUT2D eigenvalue weighted by molar-refractivity contribution is 5.98. The normalized spacial score (nSPS) is 13.9. The number of hydrogen-bond acceptors (Lipinski definition) is 2. The molecule has 3 heteroatoms. The number of nitrogens with one attached hydrogen (secondary N) is 1. The van der Waals surface area contributed by atoms with Crippen LogP contribution in [-0.2, 0) is 4.79 Å². The maximum absolute atomic E-state index is 11.9. The summed E-state index contributed by atoms with van der Waals surface area (Å²) >= 11 is 0. The van der Waals surface area contributed by atoms with Gasteiger partial charge in [0.25, 0.3) is 0 Å². The monoisotopic (exact) mass is 302 g/mol. The summed E-state index contributed by atoms with van der Waals surface area (Å²) in [6.07, 6.45) is 5.85. The zero-order valence-corrected chi connectivity index (χ0v) is 14.6. The first kappa shape index (κ1) is 20.1. The molecule has 0 aliphatic carbocycles. The van der Waals surface area contributed by atoms with Gasteiger partial charge in [0.1, 0.15) is 0 Å². The fourth-order valence-corrected chi connectivity index (χ4v) is 2.21. The molecule has 1 aliphatic rings. The molecular formula is C19H30N2O. The van der Waals surface area contributed by atoms with Crippen molar-refractivity contribution in [3.63, 3.8) is 0 Å². The molecule has 1 N–H and O–H groups in total. The molecule has 3 nitrogen and oxygen atoms in total. The Balaban J connectivity index is 0.00000102. The van der Waals surface area contributed by atoms with Crippen LogP contribution in [0.25, 0.3) is 12.2 Å². The summed E-state index contributed by atoms with van der Waals surface area (Å²) in [4.78, 5) is 13.8. The third kappa shape index (κ3) is 5.15. The number of piperazine rings is 1. The van der Waals surface area contributed by atoms with Crippen molar-refractivity contribution in [1.82, 2.24) is 5.32 Å². The third-order valence-corrected chi connectivity index (χ3v) is 3.05. The van der Waals surface area contributed by atoms with Crippen LogP contribution in [0.4, 0.5) is 5.69 Å². The Hall–Kier alpha value is -1.87. The van der Waals surface area contributed by atoms with Crippen molar-refractivity contribution in [2.24, 2.45) is 0 Å². The van der Waals surface area contributed by atoms with Crippen molar-refractivity contribution in [3.05, 3.63) is 42.0 Å². The Morgan fingerprint density at radius 2 is 1.91 bits per heavy atom. The average Bonchev–Trinajstić information content (AvgIpc) is 2.59. The van der Waals surface area contributed by atoms with Gasteiger partial charge in [-0.2, -0.15) is 0 Å². The van der Waals surface area contributed by atoms with E-state index in [0.29, 0.717) is 13.1 Å². The SMILES string of the molecule is C=Cc1c(/C=C\C)cccc1N1CCNCC1=O.CC.CC. The fraction of sp³-hybridized carbons (Fsp3) is 0.421. The van der Waals surface area contributed by atoms with Crippen LogP contribution in [0.15, 0.2) is 30.9 Å². The smallest absolute Gasteiger partial charge is 0.241 e. The highest BCUT2D eigenvalue weighted by atomic mass is 16.2. The molecule has 1 aliphatic heterocycles. The fourth-order valence-electron chi connectivity index (χ4n) is 2.21. The third-order valence-electron chi connectivity index (χ3n) is 3.05. The van der Waals surface area contributed by atoms with Crippen molar-refractivity contribution >= 4 is 23.7 Å². The highest BCUT2D eigenvalue weighted by Crippen LogP contribution is 2.26. The number of rotatable bonds is 3. The molecule has 0 bridgehead atoms. The Kier molecular flexibility index (Phi) is 10.8. The number of nitrogens with zero attached hydrogens (tertiary/aromatic N) is 1. The minimum Gasteiger partial charge on any atom is -0.309 e. The number of hydrogen-bond donors (Lipinski definition) is 1. The first-order valence-corrected chi connectivity index (χ1v) is 8.17. The van der Waals surface area contributed by atoms with E-state index in [0.717, 1.165) is 23.4 Å². The van der Waals surface area contributed by atoms with Gasteiger partial charge in [-0.1, -0.05) is 64.6 Å². The van der Waals surface area contributed by atoms with Crippen molar-refractivity contribution in [2.75, 3.05) is 24.5 Å². The molecule has 1 saturated heterocycles. The number of anilines is 1. The maximum atomic E-state index is 11.9. The van der Waals surface area contributed by atoms with Crippen LogP contribution in [0.3, 0.4) is 0 Å². The van der Waals surface area contributed by atoms with Gasteiger partial charge in [0, 0.05) is 18.7 Å². The van der Waals surface area contributed by atoms with E-state index in [2.05, 4.69) is 11.9 Å². The molecule has 2 rings (SSSR count). The summed E-state index contributed by atoms with van der Waals surface area (Å²) in [5.41, 5.74) is 3.06. The van der Waals surface area contributed by atoms with E-state index >= 15 is 0 Å². The zero-order valence-electron chi connectivity index (χ0n) is 14.6. The standard InChI is InChI=1S/C15H18N2O.2C2H6/c1-3-6-12-7-5-8-14(13(12)4-2)17-10-9-16-11-15(17)18;2*1-2/h3-8,16H,2,9-11H2,1H3;2*1-2H3/b6-3-;;. The number of carbonyl (C=O) groups is 1. The predicted molar refractivity (Wildman–Crippen MR) is 99.2 cm³/mol. The van der Waals surface area contributed by atoms with Crippen LogP contribution >= 0.6 is 0 Å². The van der Waals surface area contributed by atoms with Crippen LogP contribution < -0.4 is 10.2 Å². The number of carbonyl (C=O) groups excluding carboxylic acids is 1. The van der Waals surface area contributed by atoms with Crippen molar-refractivity contribution in [2.45, 2.75) is 34.6 Å². The van der Waals surface area contributed by atoms with E-state index < -0.39 is 0 Å². The predicted octanol–water partition coefficient (Wildman–Crippen LogP) is 4.35. The van der Waals surface area contributed by atoms with Crippen LogP contribution in [0.5, 0.6) is 0 Å². The molecule has 1 aromatic rings. The lowest BCUT2D eigenvalue weighted by atomic mass is 10.0. The number of benzene rings is 1. The summed E-state index contributed by atoms with van der Waals surface area (Å²) in [7, 11) is 0. The lowest BCUT2D eigenvalue weighted by molar-refractivity contribution is -0.118. The minimum atomic E-state index is 0.113. The van der Waals surface area contributed by atoms with Gasteiger partial charge in [-0.3, -0.25) is 4.79 Å². The summed E-state index contributed by atoms with van der Waals surface area (Å²) in [5, 5.41) is 3.08. The van der Waals surface area contributed by atoms with Crippen LogP contribution in [0, 0.1) is 0 Å². The topological polar surface area (TPSA) is 32.3 Å². The summed E-state index contributed by atoms with van der Waals surface area (Å²) in [5.74, 6) is 0.113. The van der Waals surface area contributed by atoms with Crippen LogP contribution in [-0.4, -0.2) is 25.5 Å². The second-order valence-electron chi connectivity index (χ2n) is 4.21. The molecule has 1 fully saturated rings. The minimum absolute atomic E-state index is 0.113. The van der Waals surface area contributed by atoms with Gasteiger partial charge in [-0.15, -0.1) is 0 Å². The second kappa shape index (κ2) is 11.8. The van der Waals surface area contributed by atoms with Gasteiger partial charge in [-0.25, -0.2) is 0 Å². The van der Waals surface area contributed by atoms with Crippen molar-refractivity contribution in [1.29, 1.82) is 0 Å². The van der Waals surface area contributed by atoms with Gasteiger partial charge in [0.05, 0.1) is 12.2 Å². The van der Waals surface area contributed by atoms with E-state index in [4.69, 9.17) is 0 Å². The van der Waals surface area contributed by atoms with E-state index in [9.17, 15) is 4.79 Å². The molecule has 1 heterocycles. The van der Waals surface area contributed by atoms with Gasteiger partial charge >= 0.3 is 0 Å².